The number of amides is 1. The zero-order valence-electron chi connectivity index (χ0n) is 43.8. The molecule has 0 aromatic heterocycles. The van der Waals surface area contributed by atoms with E-state index in [9.17, 15) is 45.6 Å². The second-order valence-corrected chi connectivity index (χ2v) is 20.8. The number of ether oxygens (including phenoxy) is 4. The van der Waals surface area contributed by atoms with E-state index in [4.69, 9.17) is 18.9 Å². The average molecular weight is 990 g/mol. The molecule has 0 spiro atoms. The number of aliphatic hydroxyl groups is 8. The van der Waals surface area contributed by atoms with Crippen LogP contribution in [0.1, 0.15) is 251 Å². The number of carbonyl (C=O) groups is 1. The van der Waals surface area contributed by atoms with Crippen LogP contribution in [0.3, 0.4) is 0 Å². The van der Waals surface area contributed by atoms with E-state index in [1.54, 1.807) is 0 Å². The Bertz CT molecular complexity index is 1170. The molecular formula is C55H107NO13. The van der Waals surface area contributed by atoms with Crippen LogP contribution in [0.2, 0.25) is 0 Å². The number of carbonyl (C=O) groups excluding carboxylic acids is 1. The highest BCUT2D eigenvalue weighted by atomic mass is 16.7. The van der Waals surface area contributed by atoms with Gasteiger partial charge in [0.15, 0.2) is 12.6 Å². The van der Waals surface area contributed by atoms with E-state index in [0.717, 1.165) is 51.4 Å². The van der Waals surface area contributed by atoms with Crippen molar-refractivity contribution >= 4 is 5.91 Å². The number of nitrogens with one attached hydrogen (secondary N) is 1. The maximum atomic E-state index is 13.2. The molecule has 12 atom stereocenters. The average Bonchev–Trinajstić information content (AvgIpc) is 3.35. The van der Waals surface area contributed by atoms with Gasteiger partial charge in [0.25, 0.3) is 0 Å². The van der Waals surface area contributed by atoms with Crippen molar-refractivity contribution in [3.05, 3.63) is 0 Å². The molecule has 2 aliphatic rings. The third kappa shape index (κ3) is 28.9. The van der Waals surface area contributed by atoms with Crippen LogP contribution in [0.4, 0.5) is 0 Å². The summed E-state index contributed by atoms with van der Waals surface area (Å²) in [5.74, 6) is -0.202. The van der Waals surface area contributed by atoms with Crippen molar-refractivity contribution in [3.8, 4) is 0 Å². The topological polar surface area (TPSA) is 228 Å². The molecule has 2 fully saturated rings. The van der Waals surface area contributed by atoms with Crippen molar-refractivity contribution in [1.29, 1.82) is 0 Å². The summed E-state index contributed by atoms with van der Waals surface area (Å²) >= 11 is 0. The van der Waals surface area contributed by atoms with Crippen molar-refractivity contribution in [3.63, 3.8) is 0 Å². The molecule has 14 heteroatoms. The van der Waals surface area contributed by atoms with Gasteiger partial charge in [-0.3, -0.25) is 4.79 Å². The standard InChI is InChI=1S/C55H107NO13/c1-3-5-7-9-11-13-15-17-18-19-20-21-22-23-24-25-26-27-29-31-33-35-37-39-47(60)56-43(44(59)38-36-34-32-30-28-16-14-12-10-8-6-4-2)42-66-54-52(65)50(63)53(46(41-58)68-54)69-55-51(64)49(62)48(61)45(40-57)67-55/h43-46,48-55,57-59,61-65H,3-42H2,1-2H3,(H,56,60). The second-order valence-electron chi connectivity index (χ2n) is 20.8. The first-order valence-electron chi connectivity index (χ1n) is 28.8. The monoisotopic (exact) mass is 990 g/mol. The highest BCUT2D eigenvalue weighted by molar-refractivity contribution is 5.76. The van der Waals surface area contributed by atoms with Gasteiger partial charge in [0.05, 0.1) is 32.0 Å². The number of unbranched alkanes of at least 4 members (excludes halogenated alkanes) is 33. The zero-order chi connectivity index (χ0) is 50.3. The van der Waals surface area contributed by atoms with Crippen LogP contribution in [0.25, 0.3) is 0 Å². The Morgan fingerprint density at radius 2 is 0.826 bits per heavy atom. The summed E-state index contributed by atoms with van der Waals surface area (Å²) < 4.78 is 22.8. The van der Waals surface area contributed by atoms with Crippen molar-refractivity contribution < 1.29 is 64.6 Å². The van der Waals surface area contributed by atoms with Crippen molar-refractivity contribution in [1.82, 2.24) is 5.32 Å². The molecule has 14 nitrogen and oxygen atoms in total. The molecule has 9 N–H and O–H groups in total. The fourth-order valence-electron chi connectivity index (χ4n) is 9.89. The van der Waals surface area contributed by atoms with E-state index in [2.05, 4.69) is 19.2 Å². The van der Waals surface area contributed by atoms with E-state index in [1.165, 1.54) is 173 Å². The Kier molecular flexibility index (Phi) is 39.4. The molecule has 2 aliphatic heterocycles. The van der Waals surface area contributed by atoms with E-state index in [1.807, 2.05) is 0 Å². The molecule has 2 saturated heterocycles. The molecule has 0 bridgehead atoms. The highest BCUT2D eigenvalue weighted by Crippen LogP contribution is 2.30. The first-order chi connectivity index (χ1) is 33.6. The molecule has 69 heavy (non-hydrogen) atoms. The third-order valence-corrected chi connectivity index (χ3v) is 14.6. The van der Waals surface area contributed by atoms with Crippen molar-refractivity contribution in [2.24, 2.45) is 0 Å². The third-order valence-electron chi connectivity index (χ3n) is 14.6. The molecule has 0 aromatic carbocycles. The predicted octanol–water partition coefficient (Wildman–Crippen LogP) is 8.95. The Balaban J connectivity index is 1.72. The van der Waals surface area contributed by atoms with Gasteiger partial charge >= 0.3 is 0 Å². The molecule has 0 radical (unpaired) electrons. The van der Waals surface area contributed by atoms with E-state index >= 15 is 0 Å². The van der Waals surface area contributed by atoms with Gasteiger partial charge in [-0.05, 0) is 12.8 Å². The lowest BCUT2D eigenvalue weighted by atomic mass is 9.97. The minimum atomic E-state index is -1.78. The molecular weight excluding hydrogens is 883 g/mol. The summed E-state index contributed by atoms with van der Waals surface area (Å²) in [5, 5.41) is 87.0. The Morgan fingerprint density at radius 3 is 1.23 bits per heavy atom. The lowest BCUT2D eigenvalue weighted by Crippen LogP contribution is -2.65. The van der Waals surface area contributed by atoms with Gasteiger partial charge in [-0.25, -0.2) is 0 Å². The second kappa shape index (κ2) is 42.4. The highest BCUT2D eigenvalue weighted by Gasteiger charge is 2.51. The quantitative estimate of drug-likeness (QED) is 0.0260. The van der Waals surface area contributed by atoms with Gasteiger partial charge in [0.1, 0.15) is 48.8 Å². The SMILES string of the molecule is CCCCCCCCCCCCCCCCCCCCCCCCCC(=O)NC(COC1OC(CO)C(OC2OC(CO)C(O)C(O)C2O)C(O)C1O)C(O)CCCCCCCCCCCCCC. The minimum Gasteiger partial charge on any atom is -0.394 e. The smallest absolute Gasteiger partial charge is 0.220 e. The van der Waals surface area contributed by atoms with Gasteiger partial charge < -0.3 is 65.1 Å². The van der Waals surface area contributed by atoms with Crippen molar-refractivity contribution in [2.75, 3.05) is 19.8 Å². The lowest BCUT2D eigenvalue weighted by Gasteiger charge is -2.46. The molecule has 0 aromatic rings. The normalized spacial score (nSPS) is 26.1. The fourth-order valence-corrected chi connectivity index (χ4v) is 9.89. The van der Waals surface area contributed by atoms with Crippen LogP contribution in [0.15, 0.2) is 0 Å². The van der Waals surface area contributed by atoms with Gasteiger partial charge in [-0.1, -0.05) is 232 Å². The number of aliphatic hydroxyl groups excluding tert-OH is 8. The Hall–Kier alpha value is -1.01. The van der Waals surface area contributed by atoms with Crippen LogP contribution in [0.5, 0.6) is 0 Å². The van der Waals surface area contributed by atoms with Crippen LogP contribution < -0.4 is 5.32 Å². The summed E-state index contributed by atoms with van der Waals surface area (Å²) in [6.45, 7) is 2.88. The maximum absolute atomic E-state index is 13.2. The largest absolute Gasteiger partial charge is 0.394 e. The van der Waals surface area contributed by atoms with Crippen LogP contribution in [-0.2, 0) is 23.7 Å². The zero-order valence-corrected chi connectivity index (χ0v) is 43.8. The molecule has 2 rings (SSSR count). The lowest BCUT2D eigenvalue weighted by molar-refractivity contribution is -0.359. The molecule has 2 heterocycles. The van der Waals surface area contributed by atoms with E-state index < -0.39 is 86.8 Å². The van der Waals surface area contributed by atoms with Crippen LogP contribution >= 0.6 is 0 Å². The molecule has 12 unspecified atom stereocenters. The van der Waals surface area contributed by atoms with Gasteiger partial charge in [0.2, 0.25) is 5.91 Å². The van der Waals surface area contributed by atoms with Gasteiger partial charge in [0, 0.05) is 6.42 Å². The van der Waals surface area contributed by atoms with E-state index in [0.29, 0.717) is 12.8 Å². The summed E-state index contributed by atoms with van der Waals surface area (Å²) in [7, 11) is 0. The van der Waals surface area contributed by atoms with Gasteiger partial charge in [-0.15, -0.1) is 0 Å². The summed E-state index contributed by atoms with van der Waals surface area (Å²) in [4.78, 5) is 13.2. The first kappa shape index (κ1) is 64.1. The van der Waals surface area contributed by atoms with Crippen LogP contribution in [-0.4, -0.2) is 140 Å². The molecule has 0 saturated carbocycles. The maximum Gasteiger partial charge on any atom is 0.220 e. The summed E-state index contributed by atoms with van der Waals surface area (Å²) in [6.07, 6.45) is 28.3. The number of hydrogen-bond donors (Lipinski definition) is 9. The first-order valence-corrected chi connectivity index (χ1v) is 28.8. The molecule has 0 aliphatic carbocycles. The molecule has 410 valence electrons. The van der Waals surface area contributed by atoms with Crippen LogP contribution in [0, 0.1) is 0 Å². The minimum absolute atomic E-state index is 0.202. The van der Waals surface area contributed by atoms with E-state index in [-0.39, 0.29) is 12.5 Å². The Morgan fingerprint density at radius 1 is 0.464 bits per heavy atom. The number of rotatable bonds is 46. The van der Waals surface area contributed by atoms with Gasteiger partial charge in [-0.2, -0.15) is 0 Å². The Labute approximate surface area is 419 Å². The summed E-state index contributed by atoms with van der Waals surface area (Å²) in [6, 6.07) is -0.821. The predicted molar refractivity (Wildman–Crippen MR) is 272 cm³/mol. The van der Waals surface area contributed by atoms with Crippen molar-refractivity contribution in [2.45, 2.75) is 325 Å². The molecule has 1 amide bonds. The number of hydrogen-bond acceptors (Lipinski definition) is 13. The summed E-state index contributed by atoms with van der Waals surface area (Å²) in [5.41, 5.74) is 0. The fraction of sp³-hybridized carbons (Fsp3) is 0.982.